The Balaban J connectivity index is 2.43. The summed E-state index contributed by atoms with van der Waals surface area (Å²) < 4.78 is 5.06. The SMILES string of the molecule is CCCCOC(=O)C(N)Cc1cccc(S)c1. The molecule has 0 heterocycles. The molecular formula is C13H19NO2S. The van der Waals surface area contributed by atoms with Gasteiger partial charge in [-0.25, -0.2) is 0 Å². The van der Waals surface area contributed by atoms with Crippen LogP contribution < -0.4 is 5.73 Å². The van der Waals surface area contributed by atoms with E-state index in [1.165, 1.54) is 0 Å². The Labute approximate surface area is 108 Å². The largest absolute Gasteiger partial charge is 0.465 e. The van der Waals surface area contributed by atoms with Crippen LogP contribution in [0.2, 0.25) is 0 Å². The average molecular weight is 253 g/mol. The number of unbranched alkanes of at least 4 members (excludes halogenated alkanes) is 1. The maximum atomic E-state index is 11.5. The van der Waals surface area contributed by atoms with Gasteiger partial charge in [-0.05, 0) is 30.5 Å². The number of thiol groups is 1. The Kier molecular flexibility index (Phi) is 6.08. The average Bonchev–Trinajstić information content (AvgIpc) is 2.29. The number of benzene rings is 1. The molecule has 4 heteroatoms. The first kappa shape index (κ1) is 14.1. The van der Waals surface area contributed by atoms with Crippen molar-refractivity contribution in [2.45, 2.75) is 37.1 Å². The van der Waals surface area contributed by atoms with Crippen molar-refractivity contribution in [3.8, 4) is 0 Å². The van der Waals surface area contributed by atoms with Crippen molar-refractivity contribution in [2.24, 2.45) is 5.73 Å². The van der Waals surface area contributed by atoms with E-state index in [9.17, 15) is 4.79 Å². The highest BCUT2D eigenvalue weighted by molar-refractivity contribution is 7.80. The zero-order valence-electron chi connectivity index (χ0n) is 10.1. The van der Waals surface area contributed by atoms with Crippen molar-refractivity contribution >= 4 is 18.6 Å². The monoisotopic (exact) mass is 253 g/mol. The fourth-order valence-corrected chi connectivity index (χ4v) is 1.70. The third kappa shape index (κ3) is 5.24. The summed E-state index contributed by atoms with van der Waals surface area (Å²) in [6.45, 7) is 2.50. The van der Waals surface area contributed by atoms with Gasteiger partial charge in [0.15, 0.2) is 0 Å². The Morgan fingerprint density at radius 1 is 1.53 bits per heavy atom. The third-order valence-electron chi connectivity index (χ3n) is 2.41. The number of rotatable bonds is 6. The minimum atomic E-state index is -0.595. The van der Waals surface area contributed by atoms with Crippen molar-refractivity contribution < 1.29 is 9.53 Å². The maximum Gasteiger partial charge on any atom is 0.323 e. The lowest BCUT2D eigenvalue weighted by molar-refractivity contribution is -0.145. The molecule has 0 aliphatic rings. The lowest BCUT2D eigenvalue weighted by Gasteiger charge is -2.11. The normalized spacial score (nSPS) is 12.2. The third-order valence-corrected chi connectivity index (χ3v) is 2.69. The van der Waals surface area contributed by atoms with Gasteiger partial charge in [0, 0.05) is 4.90 Å². The molecule has 0 aliphatic heterocycles. The number of carbonyl (C=O) groups is 1. The molecule has 1 rings (SSSR count). The Bertz CT molecular complexity index is 368. The first-order chi connectivity index (χ1) is 8.13. The van der Waals surface area contributed by atoms with E-state index in [1.807, 2.05) is 31.2 Å². The van der Waals surface area contributed by atoms with Gasteiger partial charge in [0.05, 0.1) is 6.61 Å². The van der Waals surface area contributed by atoms with E-state index >= 15 is 0 Å². The predicted octanol–water partition coefficient (Wildman–Crippen LogP) is 2.19. The fourth-order valence-electron chi connectivity index (χ4n) is 1.44. The number of hydrogen-bond acceptors (Lipinski definition) is 4. The zero-order valence-corrected chi connectivity index (χ0v) is 11.0. The van der Waals surface area contributed by atoms with Gasteiger partial charge in [0.1, 0.15) is 6.04 Å². The molecule has 0 radical (unpaired) electrons. The van der Waals surface area contributed by atoms with Gasteiger partial charge in [-0.15, -0.1) is 12.6 Å². The molecule has 0 bridgehead atoms. The molecule has 0 saturated heterocycles. The van der Waals surface area contributed by atoms with E-state index in [0.717, 1.165) is 23.3 Å². The van der Waals surface area contributed by atoms with Crippen LogP contribution in [0.4, 0.5) is 0 Å². The Morgan fingerprint density at radius 3 is 2.94 bits per heavy atom. The second-order valence-corrected chi connectivity index (χ2v) is 4.52. The summed E-state index contributed by atoms with van der Waals surface area (Å²) in [7, 11) is 0. The first-order valence-corrected chi connectivity index (χ1v) is 6.28. The van der Waals surface area contributed by atoms with Gasteiger partial charge in [0.25, 0.3) is 0 Å². The molecule has 3 nitrogen and oxygen atoms in total. The summed E-state index contributed by atoms with van der Waals surface area (Å²) in [4.78, 5) is 12.4. The molecule has 94 valence electrons. The van der Waals surface area contributed by atoms with Gasteiger partial charge < -0.3 is 10.5 Å². The van der Waals surface area contributed by atoms with Gasteiger partial charge in [0.2, 0.25) is 0 Å². The topological polar surface area (TPSA) is 52.3 Å². The van der Waals surface area contributed by atoms with Crippen molar-refractivity contribution in [1.29, 1.82) is 0 Å². The summed E-state index contributed by atoms with van der Waals surface area (Å²) in [5.74, 6) is -0.331. The number of esters is 1. The Hall–Kier alpha value is -1.00. The van der Waals surface area contributed by atoms with Crippen LogP contribution in [0.25, 0.3) is 0 Å². The number of nitrogens with two attached hydrogens (primary N) is 1. The lowest BCUT2D eigenvalue weighted by Crippen LogP contribution is -2.34. The summed E-state index contributed by atoms with van der Waals surface area (Å²) in [5.41, 5.74) is 6.78. The van der Waals surface area contributed by atoms with Crippen LogP contribution in [-0.2, 0) is 16.0 Å². The molecule has 0 saturated carbocycles. The first-order valence-electron chi connectivity index (χ1n) is 5.83. The molecule has 17 heavy (non-hydrogen) atoms. The van der Waals surface area contributed by atoms with Gasteiger partial charge in [-0.1, -0.05) is 25.5 Å². The predicted molar refractivity (Wildman–Crippen MR) is 71.2 cm³/mol. The van der Waals surface area contributed by atoms with Crippen LogP contribution in [-0.4, -0.2) is 18.6 Å². The molecule has 1 aromatic rings. The molecule has 0 amide bonds. The molecular weight excluding hydrogens is 234 g/mol. The van der Waals surface area contributed by atoms with E-state index in [1.54, 1.807) is 0 Å². The van der Waals surface area contributed by atoms with Crippen LogP contribution in [0.3, 0.4) is 0 Å². The molecule has 1 unspecified atom stereocenters. The molecule has 0 aliphatic carbocycles. The molecule has 1 atom stereocenters. The smallest absolute Gasteiger partial charge is 0.323 e. The van der Waals surface area contributed by atoms with Gasteiger partial charge in [-0.2, -0.15) is 0 Å². The van der Waals surface area contributed by atoms with E-state index in [2.05, 4.69) is 12.6 Å². The van der Waals surface area contributed by atoms with Crippen LogP contribution in [0, 0.1) is 0 Å². The molecule has 0 fully saturated rings. The summed E-state index contributed by atoms with van der Waals surface area (Å²) in [6, 6.07) is 7.02. The van der Waals surface area contributed by atoms with E-state index in [0.29, 0.717) is 13.0 Å². The van der Waals surface area contributed by atoms with Crippen LogP contribution >= 0.6 is 12.6 Å². The fraction of sp³-hybridized carbons (Fsp3) is 0.462. The minimum absolute atomic E-state index is 0.331. The quantitative estimate of drug-likeness (QED) is 0.464. The second-order valence-electron chi connectivity index (χ2n) is 4.00. The van der Waals surface area contributed by atoms with Crippen molar-refractivity contribution in [3.63, 3.8) is 0 Å². The highest BCUT2D eigenvalue weighted by Gasteiger charge is 2.15. The number of ether oxygens (including phenoxy) is 1. The molecule has 2 N–H and O–H groups in total. The highest BCUT2D eigenvalue weighted by atomic mass is 32.1. The zero-order chi connectivity index (χ0) is 12.7. The second kappa shape index (κ2) is 7.35. The molecule has 0 spiro atoms. The number of carbonyl (C=O) groups excluding carboxylic acids is 1. The van der Waals surface area contributed by atoms with Crippen LogP contribution in [0.15, 0.2) is 29.2 Å². The minimum Gasteiger partial charge on any atom is -0.465 e. The number of hydrogen-bond donors (Lipinski definition) is 2. The molecule has 0 aromatic heterocycles. The van der Waals surface area contributed by atoms with Crippen molar-refractivity contribution in [2.75, 3.05) is 6.61 Å². The summed E-state index contributed by atoms with van der Waals surface area (Å²) in [6.07, 6.45) is 2.37. The van der Waals surface area contributed by atoms with Crippen molar-refractivity contribution in [3.05, 3.63) is 29.8 Å². The summed E-state index contributed by atoms with van der Waals surface area (Å²) >= 11 is 4.24. The standard InChI is InChI=1S/C13H19NO2S/c1-2-3-7-16-13(15)12(14)9-10-5-4-6-11(17)8-10/h4-6,8,12,17H,2-3,7,9,14H2,1H3. The van der Waals surface area contributed by atoms with E-state index in [-0.39, 0.29) is 5.97 Å². The van der Waals surface area contributed by atoms with E-state index in [4.69, 9.17) is 10.5 Å². The van der Waals surface area contributed by atoms with Gasteiger partial charge in [-0.3, -0.25) is 4.79 Å². The highest BCUT2D eigenvalue weighted by Crippen LogP contribution is 2.10. The van der Waals surface area contributed by atoms with Crippen molar-refractivity contribution in [1.82, 2.24) is 0 Å². The van der Waals surface area contributed by atoms with E-state index < -0.39 is 6.04 Å². The lowest BCUT2D eigenvalue weighted by atomic mass is 10.1. The molecule has 1 aromatic carbocycles. The van der Waals surface area contributed by atoms with Gasteiger partial charge >= 0.3 is 5.97 Å². The van der Waals surface area contributed by atoms with Crippen LogP contribution in [0.1, 0.15) is 25.3 Å². The van der Waals surface area contributed by atoms with Crippen LogP contribution in [0.5, 0.6) is 0 Å². The maximum absolute atomic E-state index is 11.5. The summed E-state index contributed by atoms with van der Waals surface area (Å²) in [5, 5.41) is 0. The Morgan fingerprint density at radius 2 is 2.29 bits per heavy atom.